The van der Waals surface area contributed by atoms with Crippen molar-refractivity contribution in [3.63, 3.8) is 0 Å². The van der Waals surface area contributed by atoms with Crippen molar-refractivity contribution in [1.82, 2.24) is 0 Å². The zero-order valence-corrected chi connectivity index (χ0v) is 8.55. The first kappa shape index (κ1) is 12.7. The monoisotopic (exact) mass is 207 g/mol. The van der Waals surface area contributed by atoms with Crippen LogP contribution in [-0.4, -0.2) is 17.1 Å². The lowest BCUT2D eigenvalue weighted by Gasteiger charge is -2.17. The Bertz CT molecular complexity index is 156. The highest BCUT2D eigenvalue weighted by Gasteiger charge is 2.24. The van der Waals surface area contributed by atoms with Gasteiger partial charge in [-0.2, -0.15) is 0 Å². The number of hydrogen-bond donors (Lipinski definition) is 2. The summed E-state index contributed by atoms with van der Waals surface area (Å²) in [6.45, 7) is 0. The SMILES string of the molecule is Cl.NC(C(=O)O)C1CCCCCC1. The van der Waals surface area contributed by atoms with Gasteiger partial charge in [0.1, 0.15) is 6.04 Å². The number of carboxylic acids is 1. The minimum absolute atomic E-state index is 0. The summed E-state index contributed by atoms with van der Waals surface area (Å²) in [5.74, 6) is -0.633. The van der Waals surface area contributed by atoms with Gasteiger partial charge in [0.15, 0.2) is 0 Å². The molecule has 1 unspecified atom stereocenters. The van der Waals surface area contributed by atoms with Crippen LogP contribution in [0.25, 0.3) is 0 Å². The highest BCUT2D eigenvalue weighted by atomic mass is 35.5. The second kappa shape index (κ2) is 6.22. The fourth-order valence-corrected chi connectivity index (χ4v) is 1.87. The van der Waals surface area contributed by atoms with E-state index < -0.39 is 12.0 Å². The van der Waals surface area contributed by atoms with Gasteiger partial charge in [-0.05, 0) is 18.8 Å². The van der Waals surface area contributed by atoms with Crippen LogP contribution in [0, 0.1) is 5.92 Å². The third-order valence-electron chi connectivity index (χ3n) is 2.69. The summed E-state index contributed by atoms with van der Waals surface area (Å²) >= 11 is 0. The Morgan fingerprint density at radius 3 is 2.08 bits per heavy atom. The van der Waals surface area contributed by atoms with Gasteiger partial charge in [-0.3, -0.25) is 4.79 Å². The van der Waals surface area contributed by atoms with Crippen LogP contribution in [0.3, 0.4) is 0 Å². The molecular formula is C9H18ClNO2. The molecule has 78 valence electrons. The quantitative estimate of drug-likeness (QED) is 0.679. The van der Waals surface area contributed by atoms with Gasteiger partial charge in [0.25, 0.3) is 0 Å². The molecule has 0 aromatic heterocycles. The molecule has 0 amide bonds. The Kier molecular flexibility index (Phi) is 6.08. The van der Waals surface area contributed by atoms with Gasteiger partial charge in [-0.25, -0.2) is 0 Å². The van der Waals surface area contributed by atoms with Crippen molar-refractivity contribution in [2.75, 3.05) is 0 Å². The largest absolute Gasteiger partial charge is 0.480 e. The van der Waals surface area contributed by atoms with Crippen LogP contribution >= 0.6 is 12.4 Å². The second-order valence-electron chi connectivity index (χ2n) is 3.62. The van der Waals surface area contributed by atoms with E-state index >= 15 is 0 Å². The smallest absolute Gasteiger partial charge is 0.320 e. The van der Waals surface area contributed by atoms with Crippen LogP contribution in [0.4, 0.5) is 0 Å². The maximum atomic E-state index is 10.6. The summed E-state index contributed by atoms with van der Waals surface area (Å²) in [5, 5.41) is 8.70. The lowest BCUT2D eigenvalue weighted by Crippen LogP contribution is -2.37. The molecule has 1 fully saturated rings. The van der Waals surface area contributed by atoms with E-state index in [0.717, 1.165) is 25.7 Å². The molecule has 1 aliphatic carbocycles. The van der Waals surface area contributed by atoms with E-state index in [4.69, 9.17) is 10.8 Å². The van der Waals surface area contributed by atoms with Gasteiger partial charge in [0.05, 0.1) is 0 Å². The average Bonchev–Trinajstić information content (AvgIpc) is 2.30. The Labute approximate surface area is 85.1 Å². The molecule has 3 N–H and O–H groups in total. The Morgan fingerprint density at radius 2 is 1.69 bits per heavy atom. The fourth-order valence-electron chi connectivity index (χ4n) is 1.87. The molecule has 1 saturated carbocycles. The molecule has 0 radical (unpaired) electrons. The predicted molar refractivity (Wildman–Crippen MR) is 54.1 cm³/mol. The van der Waals surface area contributed by atoms with Crippen LogP contribution in [-0.2, 0) is 4.79 Å². The number of carboxylic acid groups (broad SMARTS) is 1. The van der Waals surface area contributed by atoms with Gasteiger partial charge in [-0.15, -0.1) is 12.4 Å². The van der Waals surface area contributed by atoms with Crippen molar-refractivity contribution in [3.8, 4) is 0 Å². The summed E-state index contributed by atoms with van der Waals surface area (Å²) in [6, 6.07) is -0.636. The maximum Gasteiger partial charge on any atom is 0.320 e. The highest BCUT2D eigenvalue weighted by molar-refractivity contribution is 5.85. The molecule has 13 heavy (non-hydrogen) atoms. The molecule has 0 bridgehead atoms. The molecule has 0 aliphatic heterocycles. The van der Waals surface area contributed by atoms with Gasteiger partial charge < -0.3 is 10.8 Å². The minimum atomic E-state index is -0.845. The number of rotatable bonds is 2. The van der Waals surface area contributed by atoms with Crippen LogP contribution in [0.1, 0.15) is 38.5 Å². The number of aliphatic carboxylic acids is 1. The molecular weight excluding hydrogens is 190 g/mol. The van der Waals surface area contributed by atoms with E-state index in [1.54, 1.807) is 0 Å². The Balaban J connectivity index is 0.00000144. The minimum Gasteiger partial charge on any atom is -0.480 e. The number of carbonyl (C=O) groups is 1. The Hall–Kier alpha value is -0.280. The van der Waals surface area contributed by atoms with E-state index in [2.05, 4.69) is 0 Å². The van der Waals surface area contributed by atoms with E-state index in [1.165, 1.54) is 12.8 Å². The van der Waals surface area contributed by atoms with Gasteiger partial charge >= 0.3 is 5.97 Å². The standard InChI is InChI=1S/C9H17NO2.ClH/c10-8(9(11)12)7-5-3-1-2-4-6-7;/h7-8H,1-6,10H2,(H,11,12);1H. The van der Waals surface area contributed by atoms with E-state index in [-0.39, 0.29) is 18.3 Å². The summed E-state index contributed by atoms with van der Waals surface area (Å²) in [5.41, 5.74) is 5.56. The van der Waals surface area contributed by atoms with Crippen molar-refractivity contribution in [2.24, 2.45) is 11.7 Å². The molecule has 0 aromatic rings. The molecule has 1 atom stereocenters. The molecule has 0 heterocycles. The summed E-state index contributed by atoms with van der Waals surface area (Å²) in [7, 11) is 0. The first-order chi connectivity index (χ1) is 5.72. The Morgan fingerprint density at radius 1 is 1.23 bits per heavy atom. The molecule has 0 aromatic carbocycles. The topological polar surface area (TPSA) is 63.3 Å². The van der Waals surface area contributed by atoms with Crippen molar-refractivity contribution in [1.29, 1.82) is 0 Å². The van der Waals surface area contributed by atoms with Crippen LogP contribution < -0.4 is 5.73 Å². The molecule has 4 heteroatoms. The zero-order valence-electron chi connectivity index (χ0n) is 7.74. The van der Waals surface area contributed by atoms with Crippen LogP contribution in [0.15, 0.2) is 0 Å². The zero-order chi connectivity index (χ0) is 8.97. The van der Waals surface area contributed by atoms with Crippen LogP contribution in [0.5, 0.6) is 0 Å². The number of hydrogen-bond acceptors (Lipinski definition) is 2. The van der Waals surface area contributed by atoms with Gasteiger partial charge in [-0.1, -0.05) is 25.7 Å². The summed E-state index contributed by atoms with van der Waals surface area (Å²) < 4.78 is 0. The molecule has 1 aliphatic rings. The summed E-state index contributed by atoms with van der Waals surface area (Å²) in [6.07, 6.45) is 6.75. The van der Waals surface area contributed by atoms with Gasteiger partial charge in [0, 0.05) is 0 Å². The van der Waals surface area contributed by atoms with Crippen LogP contribution in [0.2, 0.25) is 0 Å². The highest BCUT2D eigenvalue weighted by Crippen LogP contribution is 2.24. The number of nitrogens with two attached hydrogens (primary N) is 1. The van der Waals surface area contributed by atoms with Crippen molar-refractivity contribution in [2.45, 2.75) is 44.6 Å². The van der Waals surface area contributed by atoms with E-state index in [0.29, 0.717) is 0 Å². The molecule has 0 saturated heterocycles. The summed E-state index contributed by atoms with van der Waals surface area (Å²) in [4.78, 5) is 10.6. The third kappa shape index (κ3) is 3.96. The molecule has 0 spiro atoms. The second-order valence-corrected chi connectivity index (χ2v) is 3.62. The van der Waals surface area contributed by atoms with E-state index in [9.17, 15) is 4.79 Å². The number of halogens is 1. The lowest BCUT2D eigenvalue weighted by atomic mass is 9.93. The molecule has 3 nitrogen and oxygen atoms in total. The molecule has 1 rings (SSSR count). The van der Waals surface area contributed by atoms with Crippen molar-refractivity contribution in [3.05, 3.63) is 0 Å². The van der Waals surface area contributed by atoms with Crippen molar-refractivity contribution >= 4 is 18.4 Å². The fraction of sp³-hybridized carbons (Fsp3) is 0.889. The van der Waals surface area contributed by atoms with Crippen molar-refractivity contribution < 1.29 is 9.90 Å². The normalized spacial score (nSPS) is 21.3. The predicted octanol–water partition coefficient (Wildman–Crippen LogP) is 1.79. The first-order valence-corrected chi connectivity index (χ1v) is 4.70. The maximum absolute atomic E-state index is 10.6. The third-order valence-corrected chi connectivity index (χ3v) is 2.69. The van der Waals surface area contributed by atoms with E-state index in [1.807, 2.05) is 0 Å². The first-order valence-electron chi connectivity index (χ1n) is 4.70. The van der Waals surface area contributed by atoms with Gasteiger partial charge in [0.2, 0.25) is 0 Å². The average molecular weight is 208 g/mol. The lowest BCUT2D eigenvalue weighted by molar-refractivity contribution is -0.140.